The molecule has 0 spiro atoms. The molecule has 1 saturated carbocycles. The molecule has 2 aliphatic rings. The average Bonchev–Trinajstić information content (AvgIpc) is 3.28. The molecule has 166 valence electrons. The number of benzene rings is 2. The van der Waals surface area contributed by atoms with Gasteiger partial charge in [0, 0.05) is 24.7 Å². The van der Waals surface area contributed by atoms with Crippen LogP contribution < -0.4 is 4.31 Å². The van der Waals surface area contributed by atoms with Gasteiger partial charge in [0.15, 0.2) is 0 Å². The highest BCUT2D eigenvalue weighted by Crippen LogP contribution is 2.31. The van der Waals surface area contributed by atoms with Crippen LogP contribution in [0.15, 0.2) is 42.5 Å². The van der Waals surface area contributed by atoms with E-state index < -0.39 is 10.0 Å². The molecule has 31 heavy (non-hydrogen) atoms. The summed E-state index contributed by atoms with van der Waals surface area (Å²) in [6.07, 6.45) is 7.66. The lowest BCUT2D eigenvalue weighted by molar-refractivity contribution is 0.0684. The fraction of sp³-hybridized carbons (Fsp3) is 0.458. The van der Waals surface area contributed by atoms with Gasteiger partial charge in [-0.25, -0.2) is 12.8 Å². The van der Waals surface area contributed by atoms with Crippen molar-refractivity contribution in [3.8, 4) is 0 Å². The smallest absolute Gasteiger partial charge is 0.254 e. The zero-order valence-corrected chi connectivity index (χ0v) is 18.7. The SMILES string of the molecule is CS(=O)(=O)N1CCCc2cc(C(=O)N(CCc3ccc(F)cc3)C3CCCC3)ccc21. The Morgan fingerprint density at radius 1 is 1.10 bits per heavy atom. The first-order valence-corrected chi connectivity index (χ1v) is 12.8. The number of halogens is 1. The van der Waals surface area contributed by atoms with E-state index in [4.69, 9.17) is 0 Å². The minimum atomic E-state index is -3.33. The van der Waals surface area contributed by atoms with Crippen LogP contribution >= 0.6 is 0 Å². The summed E-state index contributed by atoms with van der Waals surface area (Å²) in [7, 11) is -3.33. The van der Waals surface area contributed by atoms with Crippen LogP contribution in [0.2, 0.25) is 0 Å². The molecule has 0 bridgehead atoms. The van der Waals surface area contributed by atoms with Crippen LogP contribution in [0, 0.1) is 5.82 Å². The van der Waals surface area contributed by atoms with E-state index in [-0.39, 0.29) is 17.8 Å². The third-order valence-corrected chi connectivity index (χ3v) is 7.56. The topological polar surface area (TPSA) is 57.7 Å². The number of fused-ring (bicyclic) bond motifs is 1. The maximum absolute atomic E-state index is 13.5. The number of amides is 1. The predicted octanol–water partition coefficient (Wildman–Crippen LogP) is 4.17. The summed E-state index contributed by atoms with van der Waals surface area (Å²) in [6, 6.07) is 12.1. The van der Waals surface area contributed by atoms with E-state index in [2.05, 4.69) is 0 Å². The summed E-state index contributed by atoms with van der Waals surface area (Å²) >= 11 is 0. The van der Waals surface area contributed by atoms with E-state index in [9.17, 15) is 17.6 Å². The van der Waals surface area contributed by atoms with Gasteiger partial charge in [-0.1, -0.05) is 25.0 Å². The average molecular weight is 445 g/mol. The van der Waals surface area contributed by atoms with Crippen LogP contribution in [0.5, 0.6) is 0 Å². The molecule has 2 aromatic rings. The Morgan fingerprint density at radius 3 is 2.48 bits per heavy atom. The number of hydrogen-bond acceptors (Lipinski definition) is 3. The number of carbonyl (C=O) groups excluding carboxylic acids is 1. The zero-order valence-electron chi connectivity index (χ0n) is 17.9. The summed E-state index contributed by atoms with van der Waals surface area (Å²) in [5, 5.41) is 0. The molecule has 1 aliphatic carbocycles. The lowest BCUT2D eigenvalue weighted by Crippen LogP contribution is -2.40. The summed E-state index contributed by atoms with van der Waals surface area (Å²) in [5.41, 5.74) is 3.21. The molecule has 4 rings (SSSR count). The number of sulfonamides is 1. The highest BCUT2D eigenvalue weighted by molar-refractivity contribution is 7.92. The Labute approximate surface area is 183 Å². The van der Waals surface area contributed by atoms with Gasteiger partial charge in [-0.15, -0.1) is 0 Å². The Hall–Kier alpha value is -2.41. The third kappa shape index (κ3) is 4.92. The first-order chi connectivity index (χ1) is 14.8. The monoisotopic (exact) mass is 444 g/mol. The van der Waals surface area contributed by atoms with Crippen molar-refractivity contribution < 1.29 is 17.6 Å². The Morgan fingerprint density at radius 2 is 1.81 bits per heavy atom. The minimum absolute atomic E-state index is 0.00621. The van der Waals surface area contributed by atoms with Gasteiger partial charge in [0.05, 0.1) is 11.9 Å². The Bertz CT molecular complexity index is 1050. The van der Waals surface area contributed by atoms with Crippen molar-refractivity contribution in [2.75, 3.05) is 23.7 Å². The molecule has 0 N–H and O–H groups in total. The highest BCUT2D eigenvalue weighted by atomic mass is 32.2. The van der Waals surface area contributed by atoms with Crippen LogP contribution in [-0.4, -0.2) is 44.6 Å². The van der Waals surface area contributed by atoms with Crippen molar-refractivity contribution in [2.45, 2.75) is 51.0 Å². The second-order valence-corrected chi connectivity index (χ2v) is 10.5. The molecule has 1 aliphatic heterocycles. The summed E-state index contributed by atoms with van der Waals surface area (Å²) in [6.45, 7) is 1.06. The Balaban J connectivity index is 1.57. The second kappa shape index (κ2) is 8.99. The lowest BCUT2D eigenvalue weighted by atomic mass is 9.99. The summed E-state index contributed by atoms with van der Waals surface area (Å²) in [4.78, 5) is 15.5. The quantitative estimate of drug-likeness (QED) is 0.672. The van der Waals surface area contributed by atoms with Gasteiger partial charge in [0.25, 0.3) is 5.91 Å². The van der Waals surface area contributed by atoms with E-state index >= 15 is 0 Å². The molecule has 5 nitrogen and oxygen atoms in total. The standard InChI is InChI=1S/C24H29FN2O3S/c1-31(29,30)27-15-4-5-19-17-20(10-13-23(19)27)24(28)26(22-6-2-3-7-22)16-14-18-8-11-21(25)12-9-18/h8-13,17,22H,2-7,14-16H2,1H3. The van der Waals surface area contributed by atoms with Crippen molar-refractivity contribution >= 4 is 21.6 Å². The maximum atomic E-state index is 13.5. The highest BCUT2D eigenvalue weighted by Gasteiger charge is 2.29. The fourth-order valence-corrected chi connectivity index (χ4v) is 5.77. The first-order valence-electron chi connectivity index (χ1n) is 11.0. The molecule has 2 aromatic carbocycles. The van der Waals surface area contributed by atoms with Gasteiger partial charge < -0.3 is 4.90 Å². The van der Waals surface area contributed by atoms with Gasteiger partial charge in [0.1, 0.15) is 5.82 Å². The van der Waals surface area contributed by atoms with Gasteiger partial charge in [-0.3, -0.25) is 9.10 Å². The van der Waals surface area contributed by atoms with Crippen LogP contribution in [0.25, 0.3) is 0 Å². The number of hydrogen-bond donors (Lipinski definition) is 0. The third-order valence-electron chi connectivity index (χ3n) is 6.38. The van der Waals surface area contributed by atoms with Crippen molar-refractivity contribution in [2.24, 2.45) is 0 Å². The predicted molar refractivity (Wildman–Crippen MR) is 120 cm³/mol. The van der Waals surface area contributed by atoms with Crippen molar-refractivity contribution in [1.82, 2.24) is 4.90 Å². The van der Waals surface area contributed by atoms with Crippen LogP contribution in [0.4, 0.5) is 10.1 Å². The molecule has 0 radical (unpaired) electrons. The maximum Gasteiger partial charge on any atom is 0.254 e. The van der Waals surface area contributed by atoms with E-state index in [0.29, 0.717) is 30.8 Å². The molecule has 0 unspecified atom stereocenters. The first kappa shape index (κ1) is 21.8. The van der Waals surface area contributed by atoms with Gasteiger partial charge >= 0.3 is 0 Å². The molecule has 0 saturated heterocycles. The van der Waals surface area contributed by atoms with Crippen LogP contribution in [0.3, 0.4) is 0 Å². The van der Waals surface area contributed by atoms with Crippen molar-refractivity contribution in [3.05, 3.63) is 65.0 Å². The van der Waals surface area contributed by atoms with Crippen LogP contribution in [-0.2, 0) is 22.9 Å². The van der Waals surface area contributed by atoms with Crippen molar-refractivity contribution in [3.63, 3.8) is 0 Å². The molecule has 7 heteroatoms. The number of nitrogens with zero attached hydrogens (tertiary/aromatic N) is 2. The van der Waals surface area contributed by atoms with E-state index in [1.54, 1.807) is 24.3 Å². The number of anilines is 1. The number of aryl methyl sites for hydroxylation is 1. The normalized spacial score (nSPS) is 16.9. The van der Waals surface area contributed by atoms with E-state index in [1.807, 2.05) is 11.0 Å². The number of rotatable bonds is 6. The number of carbonyl (C=O) groups is 1. The van der Waals surface area contributed by atoms with E-state index in [1.165, 1.54) is 22.7 Å². The molecule has 1 fully saturated rings. The molecule has 1 amide bonds. The largest absolute Gasteiger partial charge is 0.335 e. The Kier molecular flexibility index (Phi) is 6.32. The molecule has 1 heterocycles. The second-order valence-electron chi connectivity index (χ2n) is 8.60. The fourth-order valence-electron chi connectivity index (χ4n) is 4.77. The van der Waals surface area contributed by atoms with E-state index in [0.717, 1.165) is 49.7 Å². The minimum Gasteiger partial charge on any atom is -0.335 e. The van der Waals surface area contributed by atoms with Gasteiger partial charge in [-0.05, 0) is 73.6 Å². The summed E-state index contributed by atoms with van der Waals surface area (Å²) in [5.74, 6) is -0.266. The van der Waals surface area contributed by atoms with Crippen LogP contribution in [0.1, 0.15) is 53.6 Å². The van der Waals surface area contributed by atoms with Crippen molar-refractivity contribution in [1.29, 1.82) is 0 Å². The molecule has 0 atom stereocenters. The molecular formula is C24H29FN2O3S. The lowest BCUT2D eigenvalue weighted by Gasteiger charge is -2.31. The van der Waals surface area contributed by atoms with Gasteiger partial charge in [0.2, 0.25) is 10.0 Å². The summed E-state index contributed by atoms with van der Waals surface area (Å²) < 4.78 is 38.9. The molecule has 0 aromatic heterocycles. The van der Waals surface area contributed by atoms with Gasteiger partial charge in [-0.2, -0.15) is 0 Å². The molecular weight excluding hydrogens is 415 g/mol. The zero-order chi connectivity index (χ0) is 22.0.